The zero-order valence-electron chi connectivity index (χ0n) is 13.7. The van der Waals surface area contributed by atoms with Crippen molar-refractivity contribution in [1.29, 1.82) is 0 Å². The van der Waals surface area contributed by atoms with Gasteiger partial charge < -0.3 is 14.4 Å². The summed E-state index contributed by atoms with van der Waals surface area (Å²) in [6.45, 7) is 2.83. The molecule has 1 aromatic carbocycles. The minimum absolute atomic E-state index is 0.623. The number of halogens is 1. The van der Waals surface area contributed by atoms with Crippen molar-refractivity contribution in [3.63, 3.8) is 0 Å². The normalized spacial score (nSPS) is 18.0. The maximum atomic E-state index is 6.25. The third-order valence-corrected chi connectivity index (χ3v) is 5.12. The van der Waals surface area contributed by atoms with Crippen LogP contribution in [0.15, 0.2) is 18.2 Å². The van der Waals surface area contributed by atoms with E-state index in [1.807, 2.05) is 6.07 Å². The molecule has 5 nitrogen and oxygen atoms in total. The Morgan fingerprint density at radius 3 is 2.74 bits per heavy atom. The van der Waals surface area contributed by atoms with Crippen molar-refractivity contribution in [1.82, 2.24) is 14.8 Å². The van der Waals surface area contributed by atoms with Crippen LogP contribution in [0.2, 0.25) is 5.02 Å². The SMILES string of the molecule is CN1CCCN(Cc2nnc(C3CC3)n2C)c2cc(Cl)ccc21. The van der Waals surface area contributed by atoms with E-state index in [1.165, 1.54) is 24.2 Å². The standard InChI is InChI=1S/C17H22ClN5/c1-21-8-3-9-23(15-10-13(18)6-7-14(15)21)11-16-19-20-17(22(16)2)12-4-5-12/h6-7,10,12H,3-5,8-9,11H2,1-2H3. The molecule has 1 saturated carbocycles. The molecule has 2 heterocycles. The smallest absolute Gasteiger partial charge is 0.152 e. The molecule has 1 aliphatic heterocycles. The van der Waals surface area contributed by atoms with Gasteiger partial charge in [0, 0.05) is 38.1 Å². The van der Waals surface area contributed by atoms with Gasteiger partial charge >= 0.3 is 0 Å². The number of rotatable bonds is 3. The Labute approximate surface area is 141 Å². The quantitative estimate of drug-likeness (QED) is 0.865. The molecule has 2 aromatic rings. The highest BCUT2D eigenvalue weighted by atomic mass is 35.5. The summed E-state index contributed by atoms with van der Waals surface area (Å²) >= 11 is 6.25. The number of nitrogens with zero attached hydrogens (tertiary/aromatic N) is 5. The maximum absolute atomic E-state index is 6.25. The van der Waals surface area contributed by atoms with Gasteiger partial charge in [-0.2, -0.15) is 0 Å². The molecule has 0 amide bonds. The van der Waals surface area contributed by atoms with Crippen LogP contribution in [0.5, 0.6) is 0 Å². The summed E-state index contributed by atoms with van der Waals surface area (Å²) in [6.07, 6.45) is 3.62. The Hall–Kier alpha value is -1.75. The summed E-state index contributed by atoms with van der Waals surface area (Å²) < 4.78 is 2.18. The molecule has 6 heteroatoms. The predicted octanol–water partition coefficient (Wildman–Crippen LogP) is 3.19. The van der Waals surface area contributed by atoms with Gasteiger partial charge in [-0.15, -0.1) is 10.2 Å². The Morgan fingerprint density at radius 2 is 1.96 bits per heavy atom. The molecule has 0 N–H and O–H groups in total. The second kappa shape index (κ2) is 5.71. The lowest BCUT2D eigenvalue weighted by Crippen LogP contribution is -2.25. The summed E-state index contributed by atoms with van der Waals surface area (Å²) in [4.78, 5) is 4.68. The Kier molecular flexibility index (Phi) is 3.68. The first-order valence-electron chi connectivity index (χ1n) is 8.27. The van der Waals surface area contributed by atoms with Crippen molar-refractivity contribution < 1.29 is 0 Å². The largest absolute Gasteiger partial charge is 0.373 e. The number of hydrogen-bond donors (Lipinski definition) is 0. The van der Waals surface area contributed by atoms with Crippen molar-refractivity contribution in [2.24, 2.45) is 7.05 Å². The molecule has 0 saturated heterocycles. The lowest BCUT2D eigenvalue weighted by atomic mass is 10.2. The van der Waals surface area contributed by atoms with Crippen molar-refractivity contribution in [2.45, 2.75) is 31.7 Å². The summed E-state index contributed by atoms with van der Waals surface area (Å²) in [7, 11) is 4.23. The minimum Gasteiger partial charge on any atom is -0.373 e. The van der Waals surface area contributed by atoms with E-state index in [0.717, 1.165) is 42.7 Å². The van der Waals surface area contributed by atoms with E-state index in [9.17, 15) is 0 Å². The van der Waals surface area contributed by atoms with Crippen LogP contribution in [0.3, 0.4) is 0 Å². The van der Waals surface area contributed by atoms with Crippen LogP contribution >= 0.6 is 11.6 Å². The molecule has 0 atom stereocenters. The molecule has 1 aliphatic carbocycles. The molecule has 2 aliphatic rings. The molecule has 1 fully saturated rings. The fourth-order valence-corrected chi connectivity index (χ4v) is 3.52. The lowest BCUT2D eigenvalue weighted by molar-refractivity contribution is 0.684. The molecule has 122 valence electrons. The van der Waals surface area contributed by atoms with Gasteiger partial charge in [-0.3, -0.25) is 0 Å². The zero-order valence-corrected chi connectivity index (χ0v) is 14.4. The predicted molar refractivity (Wildman–Crippen MR) is 93.4 cm³/mol. The number of fused-ring (bicyclic) bond motifs is 1. The van der Waals surface area contributed by atoms with Crippen LogP contribution in [0.1, 0.15) is 36.8 Å². The average molecular weight is 332 g/mol. The van der Waals surface area contributed by atoms with Crippen molar-refractivity contribution in [3.8, 4) is 0 Å². The number of benzene rings is 1. The van der Waals surface area contributed by atoms with E-state index in [0.29, 0.717) is 5.92 Å². The second-order valence-electron chi connectivity index (χ2n) is 6.64. The highest BCUT2D eigenvalue weighted by molar-refractivity contribution is 6.31. The highest BCUT2D eigenvalue weighted by Gasteiger charge is 2.30. The van der Waals surface area contributed by atoms with Crippen LogP contribution in [0.4, 0.5) is 11.4 Å². The van der Waals surface area contributed by atoms with Crippen molar-refractivity contribution in [3.05, 3.63) is 34.9 Å². The van der Waals surface area contributed by atoms with Crippen LogP contribution in [-0.4, -0.2) is 34.9 Å². The molecular formula is C17H22ClN5. The van der Waals surface area contributed by atoms with Crippen LogP contribution in [0.25, 0.3) is 0 Å². The number of aromatic nitrogens is 3. The highest BCUT2D eigenvalue weighted by Crippen LogP contribution is 2.39. The van der Waals surface area contributed by atoms with Gasteiger partial charge in [0.05, 0.1) is 17.9 Å². The average Bonchev–Trinajstić information content (AvgIpc) is 3.32. The second-order valence-corrected chi connectivity index (χ2v) is 7.07. The van der Waals surface area contributed by atoms with Gasteiger partial charge in [0.2, 0.25) is 0 Å². The summed E-state index contributed by atoms with van der Waals surface area (Å²) in [5, 5.41) is 9.62. The van der Waals surface area contributed by atoms with Gasteiger partial charge in [0.25, 0.3) is 0 Å². The molecule has 4 rings (SSSR count). The molecular weight excluding hydrogens is 310 g/mol. The van der Waals surface area contributed by atoms with Crippen LogP contribution in [-0.2, 0) is 13.6 Å². The molecule has 1 aromatic heterocycles. The Morgan fingerprint density at radius 1 is 1.13 bits per heavy atom. The maximum Gasteiger partial charge on any atom is 0.152 e. The van der Waals surface area contributed by atoms with Crippen LogP contribution < -0.4 is 9.80 Å². The Bertz CT molecular complexity index is 722. The topological polar surface area (TPSA) is 37.2 Å². The molecule has 0 radical (unpaired) electrons. The van der Waals surface area contributed by atoms with E-state index in [-0.39, 0.29) is 0 Å². The molecule has 0 unspecified atom stereocenters. The van der Waals surface area contributed by atoms with Gasteiger partial charge in [0.15, 0.2) is 5.82 Å². The first-order chi connectivity index (χ1) is 11.1. The lowest BCUT2D eigenvalue weighted by Gasteiger charge is -2.25. The number of anilines is 2. The van der Waals surface area contributed by atoms with Crippen LogP contribution in [0, 0.1) is 0 Å². The van der Waals surface area contributed by atoms with Crippen molar-refractivity contribution in [2.75, 3.05) is 29.9 Å². The van der Waals surface area contributed by atoms with Gasteiger partial charge in [0.1, 0.15) is 5.82 Å². The van der Waals surface area contributed by atoms with E-state index in [4.69, 9.17) is 11.6 Å². The fraction of sp³-hybridized carbons (Fsp3) is 0.529. The summed E-state index contributed by atoms with van der Waals surface area (Å²) in [5.41, 5.74) is 2.42. The van der Waals surface area contributed by atoms with Gasteiger partial charge in [-0.1, -0.05) is 11.6 Å². The van der Waals surface area contributed by atoms with E-state index < -0.39 is 0 Å². The fourth-order valence-electron chi connectivity index (χ4n) is 3.36. The molecule has 0 bridgehead atoms. The van der Waals surface area contributed by atoms with Crippen molar-refractivity contribution >= 4 is 23.0 Å². The first-order valence-corrected chi connectivity index (χ1v) is 8.65. The van der Waals surface area contributed by atoms with E-state index in [1.54, 1.807) is 0 Å². The van der Waals surface area contributed by atoms with Gasteiger partial charge in [-0.25, -0.2) is 0 Å². The third kappa shape index (κ3) is 2.78. The zero-order chi connectivity index (χ0) is 16.0. The van der Waals surface area contributed by atoms with E-state index in [2.05, 4.69) is 50.8 Å². The monoisotopic (exact) mass is 331 g/mol. The summed E-state index contributed by atoms with van der Waals surface area (Å²) in [6, 6.07) is 6.15. The third-order valence-electron chi connectivity index (χ3n) is 4.88. The molecule has 0 spiro atoms. The minimum atomic E-state index is 0.623. The number of hydrogen-bond acceptors (Lipinski definition) is 4. The molecule has 23 heavy (non-hydrogen) atoms. The Balaban J connectivity index is 1.66. The first kappa shape index (κ1) is 14.8. The summed E-state index contributed by atoms with van der Waals surface area (Å²) in [5.74, 6) is 2.79. The van der Waals surface area contributed by atoms with Gasteiger partial charge in [-0.05, 0) is 37.5 Å². The van der Waals surface area contributed by atoms with E-state index >= 15 is 0 Å².